The molecule has 72 valence electrons. The van der Waals surface area contributed by atoms with E-state index in [1.165, 1.54) is 0 Å². The largest absolute Gasteiger partial charge is 0.507 e. The Bertz CT molecular complexity index is 503. The molecule has 14 heavy (non-hydrogen) atoms. The number of phenolic OH excluding ortho intramolecular Hbond substituents is 1. The second-order valence-electron chi connectivity index (χ2n) is 3.69. The van der Waals surface area contributed by atoms with E-state index in [4.69, 9.17) is 0 Å². The SMILES string of the molecule is Cc1ccc2c(C)c(O)c(C)cc2n1. The van der Waals surface area contributed by atoms with Crippen molar-refractivity contribution in [3.8, 4) is 5.75 Å². The number of nitrogens with zero attached hydrogens (tertiary/aromatic N) is 1. The van der Waals surface area contributed by atoms with Crippen molar-refractivity contribution in [2.24, 2.45) is 0 Å². The summed E-state index contributed by atoms with van der Waals surface area (Å²) in [6, 6.07) is 5.89. The first kappa shape index (κ1) is 9.00. The highest BCUT2D eigenvalue weighted by atomic mass is 16.3. The lowest BCUT2D eigenvalue weighted by molar-refractivity contribution is 0.468. The Labute approximate surface area is 83.2 Å². The van der Waals surface area contributed by atoms with Crippen molar-refractivity contribution < 1.29 is 5.11 Å². The average molecular weight is 187 g/mol. The lowest BCUT2D eigenvalue weighted by atomic mass is 10.0. The van der Waals surface area contributed by atoms with Crippen molar-refractivity contribution in [1.29, 1.82) is 0 Å². The van der Waals surface area contributed by atoms with Crippen LogP contribution in [-0.2, 0) is 0 Å². The second kappa shape index (κ2) is 2.98. The van der Waals surface area contributed by atoms with Gasteiger partial charge in [0.2, 0.25) is 0 Å². The van der Waals surface area contributed by atoms with Crippen molar-refractivity contribution in [3.05, 3.63) is 35.0 Å². The van der Waals surface area contributed by atoms with Crippen LogP contribution in [0, 0.1) is 20.8 Å². The number of aryl methyl sites for hydroxylation is 3. The summed E-state index contributed by atoms with van der Waals surface area (Å²) in [5, 5.41) is 10.8. The number of hydrogen-bond donors (Lipinski definition) is 1. The third kappa shape index (κ3) is 1.23. The minimum absolute atomic E-state index is 0.378. The molecule has 0 spiro atoms. The summed E-state index contributed by atoms with van der Waals surface area (Å²) in [6.45, 7) is 5.78. The molecule has 1 N–H and O–H groups in total. The van der Waals surface area contributed by atoms with Gasteiger partial charge in [0.15, 0.2) is 0 Å². The molecule has 1 aromatic heterocycles. The molecule has 1 aromatic carbocycles. The Morgan fingerprint density at radius 2 is 1.86 bits per heavy atom. The maximum atomic E-state index is 9.75. The lowest BCUT2D eigenvalue weighted by Gasteiger charge is -2.07. The molecule has 0 fully saturated rings. The molecule has 0 bridgehead atoms. The number of phenols is 1. The van der Waals surface area contributed by atoms with E-state index in [2.05, 4.69) is 4.98 Å². The van der Waals surface area contributed by atoms with Crippen molar-refractivity contribution in [2.45, 2.75) is 20.8 Å². The van der Waals surface area contributed by atoms with Crippen LogP contribution in [0.1, 0.15) is 16.8 Å². The fourth-order valence-corrected chi connectivity index (χ4v) is 1.70. The molecule has 0 amide bonds. The quantitative estimate of drug-likeness (QED) is 0.688. The van der Waals surface area contributed by atoms with Crippen LogP contribution >= 0.6 is 0 Å². The van der Waals surface area contributed by atoms with Gasteiger partial charge in [-0.25, -0.2) is 0 Å². The summed E-state index contributed by atoms with van der Waals surface area (Å²) in [5.74, 6) is 0.378. The van der Waals surface area contributed by atoms with Gasteiger partial charge in [0, 0.05) is 16.6 Å². The van der Waals surface area contributed by atoms with E-state index in [-0.39, 0.29) is 0 Å². The number of benzene rings is 1. The standard InChI is InChI=1S/C12H13NO/c1-7-6-11-10(9(3)12(7)14)5-4-8(2)13-11/h4-6,14H,1-3H3. The molecule has 1 heterocycles. The molecule has 0 atom stereocenters. The predicted molar refractivity (Wildman–Crippen MR) is 57.6 cm³/mol. The molecule has 2 heteroatoms. The highest BCUT2D eigenvalue weighted by Gasteiger charge is 2.06. The van der Waals surface area contributed by atoms with Gasteiger partial charge in [0.05, 0.1) is 5.52 Å². The Morgan fingerprint density at radius 1 is 1.14 bits per heavy atom. The van der Waals surface area contributed by atoms with Gasteiger partial charge in [-0.15, -0.1) is 0 Å². The molecule has 2 aromatic rings. The minimum Gasteiger partial charge on any atom is -0.507 e. The van der Waals surface area contributed by atoms with Crippen molar-refractivity contribution in [3.63, 3.8) is 0 Å². The summed E-state index contributed by atoms with van der Waals surface area (Å²) in [4.78, 5) is 4.43. The molecule has 0 saturated carbocycles. The van der Waals surface area contributed by atoms with Gasteiger partial charge in [0.1, 0.15) is 5.75 Å². The molecular weight excluding hydrogens is 174 g/mol. The maximum absolute atomic E-state index is 9.75. The van der Waals surface area contributed by atoms with Crippen LogP contribution in [0.4, 0.5) is 0 Å². The maximum Gasteiger partial charge on any atom is 0.122 e. The molecule has 0 aliphatic carbocycles. The number of pyridine rings is 1. The lowest BCUT2D eigenvalue weighted by Crippen LogP contribution is -1.88. The molecule has 0 radical (unpaired) electrons. The van der Waals surface area contributed by atoms with Crippen LogP contribution < -0.4 is 0 Å². The van der Waals surface area contributed by atoms with Crippen LogP contribution in [0.3, 0.4) is 0 Å². The Kier molecular flexibility index (Phi) is 1.92. The molecule has 2 rings (SSSR count). The van der Waals surface area contributed by atoms with Crippen molar-refractivity contribution >= 4 is 10.9 Å². The normalized spacial score (nSPS) is 10.8. The van der Waals surface area contributed by atoms with Gasteiger partial charge in [-0.1, -0.05) is 6.07 Å². The zero-order chi connectivity index (χ0) is 10.3. The van der Waals surface area contributed by atoms with Gasteiger partial charge < -0.3 is 5.11 Å². The zero-order valence-electron chi connectivity index (χ0n) is 8.63. The summed E-state index contributed by atoms with van der Waals surface area (Å²) < 4.78 is 0. The first-order valence-electron chi connectivity index (χ1n) is 4.66. The van der Waals surface area contributed by atoms with E-state index >= 15 is 0 Å². The van der Waals surface area contributed by atoms with Gasteiger partial charge in [0.25, 0.3) is 0 Å². The highest BCUT2D eigenvalue weighted by molar-refractivity contribution is 5.85. The minimum atomic E-state index is 0.378. The summed E-state index contributed by atoms with van der Waals surface area (Å²) in [6.07, 6.45) is 0. The molecule has 0 unspecified atom stereocenters. The number of hydrogen-bond acceptors (Lipinski definition) is 2. The Balaban J connectivity index is 2.91. The first-order valence-corrected chi connectivity index (χ1v) is 4.66. The first-order chi connectivity index (χ1) is 6.59. The van der Waals surface area contributed by atoms with Crippen LogP contribution in [0.25, 0.3) is 10.9 Å². The monoisotopic (exact) mass is 187 g/mol. The smallest absolute Gasteiger partial charge is 0.122 e. The van der Waals surface area contributed by atoms with E-state index < -0.39 is 0 Å². The van der Waals surface area contributed by atoms with Gasteiger partial charge in [-0.05, 0) is 38.5 Å². The molecule has 2 nitrogen and oxygen atoms in total. The molecular formula is C12H13NO. The molecule has 0 saturated heterocycles. The van der Waals surface area contributed by atoms with Crippen LogP contribution in [0.2, 0.25) is 0 Å². The van der Waals surface area contributed by atoms with Crippen LogP contribution in [0.15, 0.2) is 18.2 Å². The van der Waals surface area contributed by atoms with Crippen molar-refractivity contribution in [1.82, 2.24) is 4.98 Å². The third-order valence-electron chi connectivity index (χ3n) is 2.55. The number of aromatic nitrogens is 1. The zero-order valence-corrected chi connectivity index (χ0v) is 8.63. The van der Waals surface area contributed by atoms with Crippen molar-refractivity contribution in [2.75, 3.05) is 0 Å². The highest BCUT2D eigenvalue weighted by Crippen LogP contribution is 2.28. The average Bonchev–Trinajstić information content (AvgIpc) is 2.14. The topological polar surface area (TPSA) is 33.1 Å². The Hall–Kier alpha value is -1.57. The van der Waals surface area contributed by atoms with Gasteiger partial charge in [-0.3, -0.25) is 4.98 Å². The van der Waals surface area contributed by atoms with E-state index in [9.17, 15) is 5.11 Å². The van der Waals surface area contributed by atoms with Crippen LogP contribution in [-0.4, -0.2) is 10.1 Å². The summed E-state index contributed by atoms with van der Waals surface area (Å²) in [7, 11) is 0. The van der Waals surface area contributed by atoms with E-state index in [0.717, 1.165) is 27.7 Å². The number of rotatable bonds is 0. The van der Waals surface area contributed by atoms with E-state index in [0.29, 0.717) is 5.75 Å². The summed E-state index contributed by atoms with van der Waals surface area (Å²) in [5.41, 5.74) is 3.75. The molecule has 0 aliphatic rings. The Morgan fingerprint density at radius 3 is 2.57 bits per heavy atom. The van der Waals surface area contributed by atoms with Gasteiger partial charge >= 0.3 is 0 Å². The second-order valence-corrected chi connectivity index (χ2v) is 3.69. The van der Waals surface area contributed by atoms with Crippen LogP contribution in [0.5, 0.6) is 5.75 Å². The molecule has 0 aliphatic heterocycles. The fraction of sp³-hybridized carbons (Fsp3) is 0.250. The van der Waals surface area contributed by atoms with E-state index in [1.54, 1.807) is 0 Å². The predicted octanol–water partition coefficient (Wildman–Crippen LogP) is 2.87. The number of aromatic hydroxyl groups is 1. The van der Waals surface area contributed by atoms with Gasteiger partial charge in [-0.2, -0.15) is 0 Å². The van der Waals surface area contributed by atoms with E-state index in [1.807, 2.05) is 39.0 Å². The fourth-order valence-electron chi connectivity index (χ4n) is 1.70. The third-order valence-corrected chi connectivity index (χ3v) is 2.55. The number of fused-ring (bicyclic) bond motifs is 1. The summed E-state index contributed by atoms with van der Waals surface area (Å²) >= 11 is 0.